The maximum atomic E-state index is 13.7. The molecule has 0 spiro atoms. The van der Waals surface area contributed by atoms with Crippen molar-refractivity contribution in [1.82, 2.24) is 4.90 Å². The molecule has 0 aromatic heterocycles. The minimum Gasteiger partial charge on any atom is -0.339 e. The molecule has 1 fully saturated rings. The van der Waals surface area contributed by atoms with E-state index in [9.17, 15) is 9.18 Å². The second-order valence-electron chi connectivity index (χ2n) is 5.15. The molecule has 0 N–H and O–H groups in total. The van der Waals surface area contributed by atoms with Gasteiger partial charge >= 0.3 is 0 Å². The summed E-state index contributed by atoms with van der Waals surface area (Å²) in [6.45, 7) is 3.68. The van der Waals surface area contributed by atoms with Gasteiger partial charge in [0.05, 0.1) is 5.56 Å². The van der Waals surface area contributed by atoms with Crippen molar-refractivity contribution in [1.29, 1.82) is 0 Å². The standard InChI is InChI=1S/C15H19BrFNO/c1-2-3-11-6-8-18(9-7-11)15(19)13-10-12(16)4-5-14(13)17/h4-5,10-11H,2-3,6-9H2,1H3. The molecule has 1 aromatic carbocycles. The van der Waals surface area contributed by atoms with Crippen molar-refractivity contribution in [3.05, 3.63) is 34.1 Å². The maximum absolute atomic E-state index is 13.7. The highest BCUT2D eigenvalue weighted by Crippen LogP contribution is 2.24. The zero-order valence-electron chi connectivity index (χ0n) is 11.2. The number of amides is 1. The first-order valence-electron chi connectivity index (χ1n) is 6.86. The lowest BCUT2D eigenvalue weighted by Crippen LogP contribution is -2.38. The fourth-order valence-corrected chi connectivity index (χ4v) is 3.03. The average Bonchev–Trinajstić information content (AvgIpc) is 2.42. The molecule has 104 valence electrons. The zero-order chi connectivity index (χ0) is 13.8. The third kappa shape index (κ3) is 3.56. The van der Waals surface area contributed by atoms with Gasteiger partial charge in [-0.25, -0.2) is 4.39 Å². The normalized spacial score (nSPS) is 16.7. The van der Waals surface area contributed by atoms with Crippen molar-refractivity contribution >= 4 is 21.8 Å². The minimum absolute atomic E-state index is 0.170. The monoisotopic (exact) mass is 327 g/mol. The number of nitrogens with zero attached hydrogens (tertiary/aromatic N) is 1. The first-order chi connectivity index (χ1) is 9.11. The first kappa shape index (κ1) is 14.5. The molecule has 0 unspecified atom stereocenters. The maximum Gasteiger partial charge on any atom is 0.256 e. The van der Waals surface area contributed by atoms with Crippen LogP contribution in [0.1, 0.15) is 43.0 Å². The molecule has 4 heteroatoms. The van der Waals surface area contributed by atoms with Crippen LogP contribution in [-0.4, -0.2) is 23.9 Å². The fraction of sp³-hybridized carbons (Fsp3) is 0.533. The third-order valence-corrected chi connectivity index (χ3v) is 4.25. The quantitative estimate of drug-likeness (QED) is 0.813. The number of piperidine rings is 1. The van der Waals surface area contributed by atoms with Crippen molar-refractivity contribution in [2.75, 3.05) is 13.1 Å². The molecule has 19 heavy (non-hydrogen) atoms. The highest BCUT2D eigenvalue weighted by Gasteiger charge is 2.24. The lowest BCUT2D eigenvalue weighted by molar-refractivity contribution is 0.0682. The van der Waals surface area contributed by atoms with Gasteiger partial charge in [-0.05, 0) is 37.0 Å². The van der Waals surface area contributed by atoms with Crippen LogP contribution in [0.2, 0.25) is 0 Å². The zero-order valence-corrected chi connectivity index (χ0v) is 12.7. The first-order valence-corrected chi connectivity index (χ1v) is 7.65. The Hall–Kier alpha value is -0.900. The van der Waals surface area contributed by atoms with E-state index in [-0.39, 0.29) is 11.5 Å². The summed E-state index contributed by atoms with van der Waals surface area (Å²) in [7, 11) is 0. The summed E-state index contributed by atoms with van der Waals surface area (Å²) in [4.78, 5) is 14.1. The number of halogens is 2. The van der Waals surface area contributed by atoms with E-state index in [2.05, 4.69) is 22.9 Å². The molecule has 0 atom stereocenters. The Morgan fingerprint density at radius 3 is 2.74 bits per heavy atom. The van der Waals surface area contributed by atoms with Gasteiger partial charge < -0.3 is 4.90 Å². The lowest BCUT2D eigenvalue weighted by Gasteiger charge is -2.32. The molecule has 2 rings (SSSR count). The van der Waals surface area contributed by atoms with Crippen molar-refractivity contribution < 1.29 is 9.18 Å². The van der Waals surface area contributed by atoms with Crippen LogP contribution in [0.5, 0.6) is 0 Å². The van der Waals surface area contributed by atoms with Crippen LogP contribution in [0.15, 0.2) is 22.7 Å². The lowest BCUT2D eigenvalue weighted by atomic mass is 9.92. The summed E-state index contributed by atoms with van der Waals surface area (Å²) in [5.41, 5.74) is 0.170. The predicted molar refractivity (Wildman–Crippen MR) is 77.6 cm³/mol. The molecule has 1 heterocycles. The number of carbonyl (C=O) groups excluding carboxylic acids is 1. The van der Waals surface area contributed by atoms with Crippen molar-refractivity contribution in [2.24, 2.45) is 5.92 Å². The van der Waals surface area contributed by atoms with E-state index in [0.29, 0.717) is 0 Å². The molecule has 0 radical (unpaired) electrons. The Morgan fingerprint density at radius 2 is 2.11 bits per heavy atom. The highest BCUT2D eigenvalue weighted by molar-refractivity contribution is 9.10. The van der Waals surface area contributed by atoms with Gasteiger partial charge in [0.25, 0.3) is 5.91 Å². The molecule has 1 saturated heterocycles. The summed E-state index contributed by atoms with van der Waals surface area (Å²) >= 11 is 3.28. The van der Waals surface area contributed by atoms with Crippen LogP contribution >= 0.6 is 15.9 Å². The van der Waals surface area contributed by atoms with E-state index in [1.54, 1.807) is 17.0 Å². The van der Waals surface area contributed by atoms with Crippen molar-refractivity contribution in [2.45, 2.75) is 32.6 Å². The molecule has 1 aromatic rings. The molecule has 1 amide bonds. The second kappa shape index (κ2) is 6.51. The summed E-state index contributed by atoms with van der Waals surface area (Å²) < 4.78 is 14.4. The Balaban J connectivity index is 2.03. The van der Waals surface area contributed by atoms with E-state index in [4.69, 9.17) is 0 Å². The van der Waals surface area contributed by atoms with Gasteiger partial charge in [-0.3, -0.25) is 4.79 Å². The van der Waals surface area contributed by atoms with E-state index < -0.39 is 5.82 Å². The largest absolute Gasteiger partial charge is 0.339 e. The van der Waals surface area contributed by atoms with Crippen molar-refractivity contribution in [3.8, 4) is 0 Å². The van der Waals surface area contributed by atoms with Gasteiger partial charge in [0.2, 0.25) is 0 Å². The molecule has 0 aliphatic carbocycles. The van der Waals surface area contributed by atoms with Gasteiger partial charge in [0, 0.05) is 17.6 Å². The average molecular weight is 328 g/mol. The molecule has 0 bridgehead atoms. The third-order valence-electron chi connectivity index (χ3n) is 3.76. The Morgan fingerprint density at radius 1 is 1.42 bits per heavy atom. The molecule has 1 aliphatic rings. The smallest absolute Gasteiger partial charge is 0.256 e. The summed E-state index contributed by atoms with van der Waals surface area (Å²) in [5, 5.41) is 0. The van der Waals surface area contributed by atoms with E-state index in [1.165, 1.54) is 18.9 Å². The Bertz CT molecular complexity index is 455. The van der Waals surface area contributed by atoms with E-state index in [0.717, 1.165) is 36.3 Å². The van der Waals surface area contributed by atoms with Gasteiger partial charge in [-0.1, -0.05) is 35.7 Å². The number of rotatable bonds is 3. The highest BCUT2D eigenvalue weighted by atomic mass is 79.9. The molecular formula is C15H19BrFNO. The summed E-state index contributed by atoms with van der Waals surface area (Å²) in [6.07, 6.45) is 4.50. The van der Waals surface area contributed by atoms with Crippen LogP contribution in [-0.2, 0) is 0 Å². The Labute approximate surface area is 122 Å². The van der Waals surface area contributed by atoms with Crippen LogP contribution in [0, 0.1) is 11.7 Å². The van der Waals surface area contributed by atoms with Crippen LogP contribution in [0.4, 0.5) is 4.39 Å². The number of hydrogen-bond acceptors (Lipinski definition) is 1. The molecular weight excluding hydrogens is 309 g/mol. The second-order valence-corrected chi connectivity index (χ2v) is 6.06. The Kier molecular flexibility index (Phi) is 4.97. The van der Waals surface area contributed by atoms with Crippen molar-refractivity contribution in [3.63, 3.8) is 0 Å². The molecule has 0 saturated carbocycles. The fourth-order valence-electron chi connectivity index (χ4n) is 2.66. The van der Waals surface area contributed by atoms with Crippen LogP contribution in [0.3, 0.4) is 0 Å². The topological polar surface area (TPSA) is 20.3 Å². The summed E-state index contributed by atoms with van der Waals surface area (Å²) in [6, 6.07) is 4.51. The van der Waals surface area contributed by atoms with Gasteiger partial charge in [-0.2, -0.15) is 0 Å². The number of hydrogen-bond donors (Lipinski definition) is 0. The predicted octanol–water partition coefficient (Wildman–Crippen LogP) is 4.24. The number of likely N-dealkylation sites (tertiary alicyclic amines) is 1. The summed E-state index contributed by atoms with van der Waals surface area (Å²) in [5.74, 6) is 0.0963. The number of benzene rings is 1. The van der Waals surface area contributed by atoms with Crippen LogP contribution in [0.25, 0.3) is 0 Å². The van der Waals surface area contributed by atoms with Gasteiger partial charge in [0.15, 0.2) is 0 Å². The van der Waals surface area contributed by atoms with Crippen LogP contribution < -0.4 is 0 Å². The van der Waals surface area contributed by atoms with E-state index >= 15 is 0 Å². The number of carbonyl (C=O) groups is 1. The van der Waals surface area contributed by atoms with Gasteiger partial charge in [-0.15, -0.1) is 0 Å². The van der Waals surface area contributed by atoms with E-state index in [1.807, 2.05) is 0 Å². The van der Waals surface area contributed by atoms with Gasteiger partial charge in [0.1, 0.15) is 5.82 Å². The molecule has 1 aliphatic heterocycles. The molecule has 2 nitrogen and oxygen atoms in total. The minimum atomic E-state index is -0.441. The SMILES string of the molecule is CCCC1CCN(C(=O)c2cc(Br)ccc2F)CC1.